The maximum absolute atomic E-state index is 12.3. The maximum atomic E-state index is 12.3. The summed E-state index contributed by atoms with van der Waals surface area (Å²) in [5.74, 6) is 0. The van der Waals surface area contributed by atoms with Crippen molar-refractivity contribution in [3.8, 4) is 0 Å². The summed E-state index contributed by atoms with van der Waals surface area (Å²) in [7, 11) is 0. The number of nitro groups is 1. The lowest BCUT2D eigenvalue weighted by atomic mass is 9.93. The van der Waals surface area contributed by atoms with Crippen molar-refractivity contribution in [1.82, 2.24) is 5.32 Å². The van der Waals surface area contributed by atoms with Gasteiger partial charge in [-0.1, -0.05) is 30.3 Å². The topological polar surface area (TPSA) is 104 Å². The first-order valence-corrected chi connectivity index (χ1v) is 7.57. The number of aliphatic hydroxyl groups is 1. The summed E-state index contributed by atoms with van der Waals surface area (Å²) in [6.45, 7) is -0.216. The van der Waals surface area contributed by atoms with E-state index in [9.17, 15) is 20.0 Å². The minimum atomic E-state index is -0.832. The molecule has 24 heavy (non-hydrogen) atoms. The van der Waals surface area contributed by atoms with Crippen LogP contribution >= 0.6 is 0 Å². The third-order valence-electron chi connectivity index (χ3n) is 4.29. The lowest BCUT2D eigenvalue weighted by Gasteiger charge is -2.29. The Balaban J connectivity index is 1.77. The van der Waals surface area contributed by atoms with Crippen molar-refractivity contribution in [3.05, 3.63) is 69.8 Å². The first kappa shape index (κ1) is 15.9. The van der Waals surface area contributed by atoms with Crippen molar-refractivity contribution in [2.75, 3.05) is 11.9 Å². The molecular formula is C17H17N3O4. The third-order valence-corrected chi connectivity index (χ3v) is 4.29. The molecule has 0 saturated carbocycles. The fourth-order valence-electron chi connectivity index (χ4n) is 3.10. The Kier molecular flexibility index (Phi) is 4.18. The van der Waals surface area contributed by atoms with Crippen LogP contribution in [0, 0.1) is 10.1 Å². The van der Waals surface area contributed by atoms with Crippen molar-refractivity contribution in [2.45, 2.75) is 18.4 Å². The molecule has 1 unspecified atom stereocenters. The van der Waals surface area contributed by atoms with E-state index in [-0.39, 0.29) is 12.3 Å². The summed E-state index contributed by atoms with van der Waals surface area (Å²) in [6, 6.07) is 12.9. The molecule has 0 saturated heterocycles. The highest BCUT2D eigenvalue weighted by Crippen LogP contribution is 2.36. The molecule has 1 aliphatic rings. The number of carbonyl (C=O) groups excluding carboxylic acids is 1. The molecule has 0 fully saturated rings. The summed E-state index contributed by atoms with van der Waals surface area (Å²) in [5, 5.41) is 26.1. The van der Waals surface area contributed by atoms with E-state index < -0.39 is 16.5 Å². The monoisotopic (exact) mass is 327 g/mol. The molecule has 7 heteroatoms. The number of fused-ring (bicyclic) bond motifs is 1. The van der Waals surface area contributed by atoms with Crippen molar-refractivity contribution < 1.29 is 14.8 Å². The number of rotatable bonds is 4. The number of aryl methyl sites for hydroxylation is 1. The van der Waals surface area contributed by atoms with Gasteiger partial charge in [0.1, 0.15) is 0 Å². The Bertz CT molecular complexity index is 793. The Morgan fingerprint density at radius 1 is 1.25 bits per heavy atom. The Hall–Kier alpha value is -2.93. The van der Waals surface area contributed by atoms with E-state index in [1.54, 1.807) is 6.07 Å². The van der Waals surface area contributed by atoms with Crippen molar-refractivity contribution in [2.24, 2.45) is 0 Å². The zero-order valence-corrected chi connectivity index (χ0v) is 12.9. The van der Waals surface area contributed by atoms with Gasteiger partial charge in [0.05, 0.1) is 17.1 Å². The predicted octanol–water partition coefficient (Wildman–Crippen LogP) is 2.55. The smallest absolute Gasteiger partial charge is 0.320 e. The number of amides is 2. The summed E-state index contributed by atoms with van der Waals surface area (Å²) < 4.78 is 0. The average Bonchev–Trinajstić information content (AvgIpc) is 2.94. The number of non-ortho nitro benzene ring substituents is 1. The minimum absolute atomic E-state index is 0.101. The number of nitro benzene ring substituents is 1. The molecule has 0 heterocycles. The van der Waals surface area contributed by atoms with Gasteiger partial charge in [0.25, 0.3) is 5.69 Å². The van der Waals surface area contributed by atoms with E-state index in [1.165, 1.54) is 18.2 Å². The van der Waals surface area contributed by atoms with Gasteiger partial charge in [-0.15, -0.1) is 0 Å². The number of hydrogen-bond acceptors (Lipinski definition) is 4. The van der Waals surface area contributed by atoms with E-state index in [0.717, 1.165) is 17.5 Å². The number of benzene rings is 2. The molecule has 2 aromatic carbocycles. The lowest BCUT2D eigenvalue weighted by Crippen LogP contribution is -2.48. The van der Waals surface area contributed by atoms with Crippen LogP contribution in [0.5, 0.6) is 0 Å². The van der Waals surface area contributed by atoms with Crippen LogP contribution in [-0.2, 0) is 12.0 Å². The van der Waals surface area contributed by atoms with Crippen LogP contribution in [-0.4, -0.2) is 22.7 Å². The molecule has 3 N–H and O–H groups in total. The molecule has 7 nitrogen and oxygen atoms in total. The van der Waals surface area contributed by atoms with Crippen LogP contribution in [0.1, 0.15) is 17.5 Å². The van der Waals surface area contributed by atoms with Gasteiger partial charge < -0.3 is 15.7 Å². The number of nitrogens with one attached hydrogen (secondary N) is 2. The molecule has 0 bridgehead atoms. The van der Waals surface area contributed by atoms with Crippen LogP contribution in [0.3, 0.4) is 0 Å². The number of urea groups is 1. The quantitative estimate of drug-likeness (QED) is 0.593. The number of anilines is 1. The fraction of sp³-hybridized carbons (Fsp3) is 0.235. The van der Waals surface area contributed by atoms with Crippen molar-refractivity contribution in [3.63, 3.8) is 0 Å². The first-order chi connectivity index (χ1) is 11.5. The minimum Gasteiger partial charge on any atom is -0.394 e. The first-order valence-electron chi connectivity index (χ1n) is 7.57. The summed E-state index contributed by atoms with van der Waals surface area (Å²) in [5.41, 5.74) is 1.39. The van der Waals surface area contributed by atoms with Gasteiger partial charge in [-0.2, -0.15) is 0 Å². The lowest BCUT2D eigenvalue weighted by molar-refractivity contribution is -0.384. The second-order valence-electron chi connectivity index (χ2n) is 5.78. The van der Waals surface area contributed by atoms with Crippen LogP contribution in [0.15, 0.2) is 48.5 Å². The van der Waals surface area contributed by atoms with E-state index in [0.29, 0.717) is 12.1 Å². The highest BCUT2D eigenvalue weighted by molar-refractivity contribution is 5.90. The van der Waals surface area contributed by atoms with Gasteiger partial charge in [0.15, 0.2) is 0 Å². The molecular weight excluding hydrogens is 310 g/mol. The van der Waals surface area contributed by atoms with E-state index in [1.807, 2.05) is 24.3 Å². The van der Waals surface area contributed by atoms with Crippen LogP contribution < -0.4 is 10.6 Å². The summed E-state index contributed by atoms with van der Waals surface area (Å²) in [6.07, 6.45) is 1.37. The van der Waals surface area contributed by atoms with Gasteiger partial charge in [-0.05, 0) is 30.0 Å². The largest absolute Gasteiger partial charge is 0.394 e. The molecule has 2 aromatic rings. The summed E-state index contributed by atoms with van der Waals surface area (Å²) >= 11 is 0. The maximum Gasteiger partial charge on any atom is 0.320 e. The van der Waals surface area contributed by atoms with Crippen LogP contribution in [0.2, 0.25) is 0 Å². The molecule has 1 atom stereocenters. The molecule has 124 valence electrons. The number of aliphatic hydroxyl groups excluding tert-OH is 1. The Morgan fingerprint density at radius 3 is 2.79 bits per heavy atom. The van der Waals surface area contributed by atoms with Crippen LogP contribution in [0.4, 0.5) is 16.2 Å². The second-order valence-corrected chi connectivity index (χ2v) is 5.78. The zero-order chi connectivity index (χ0) is 17.2. The Labute approximate surface area is 138 Å². The van der Waals surface area contributed by atoms with Crippen molar-refractivity contribution >= 4 is 17.4 Å². The second kappa shape index (κ2) is 6.29. The molecule has 1 aliphatic carbocycles. The normalized spacial score (nSPS) is 18.7. The number of nitrogens with zero attached hydrogens (tertiary/aromatic N) is 1. The van der Waals surface area contributed by atoms with Gasteiger partial charge >= 0.3 is 6.03 Å². The van der Waals surface area contributed by atoms with Gasteiger partial charge in [-0.3, -0.25) is 10.1 Å². The van der Waals surface area contributed by atoms with E-state index in [2.05, 4.69) is 10.6 Å². The average molecular weight is 327 g/mol. The summed E-state index contributed by atoms with van der Waals surface area (Å²) in [4.78, 5) is 22.6. The van der Waals surface area contributed by atoms with E-state index >= 15 is 0 Å². The van der Waals surface area contributed by atoms with E-state index in [4.69, 9.17) is 0 Å². The zero-order valence-electron chi connectivity index (χ0n) is 12.9. The number of carbonyl (C=O) groups is 1. The molecule has 0 aromatic heterocycles. The molecule has 3 rings (SSSR count). The molecule has 0 radical (unpaired) electrons. The van der Waals surface area contributed by atoms with Gasteiger partial charge in [0, 0.05) is 17.8 Å². The third kappa shape index (κ3) is 2.93. The Morgan fingerprint density at radius 2 is 2.04 bits per heavy atom. The number of hydrogen-bond donors (Lipinski definition) is 3. The molecule has 0 aliphatic heterocycles. The molecule has 2 amide bonds. The molecule has 0 spiro atoms. The fourth-order valence-corrected chi connectivity index (χ4v) is 3.10. The highest BCUT2D eigenvalue weighted by atomic mass is 16.6. The predicted molar refractivity (Wildman–Crippen MR) is 88.8 cm³/mol. The van der Waals surface area contributed by atoms with Crippen molar-refractivity contribution in [1.29, 1.82) is 0 Å². The highest BCUT2D eigenvalue weighted by Gasteiger charge is 2.39. The SMILES string of the molecule is O=C(Nc1cccc([N+](=O)[O-])c1)NC1(CO)CCc2ccccc21. The van der Waals surface area contributed by atoms with Gasteiger partial charge in [0.2, 0.25) is 0 Å². The van der Waals surface area contributed by atoms with Gasteiger partial charge in [-0.25, -0.2) is 4.79 Å². The van der Waals surface area contributed by atoms with Crippen LogP contribution in [0.25, 0.3) is 0 Å². The standard InChI is InChI=1S/C17H17N3O4/c21-11-17(9-8-12-4-1-2-7-15(12)17)19-16(22)18-13-5-3-6-14(10-13)20(23)24/h1-7,10,21H,8-9,11H2,(H2,18,19,22).